The molecule has 2 bridgehead atoms. The second-order valence-corrected chi connectivity index (χ2v) is 10.1. The number of benzene rings is 3. The number of amides is 2. The van der Waals surface area contributed by atoms with Crippen molar-refractivity contribution in [2.24, 2.45) is 23.7 Å². The van der Waals surface area contributed by atoms with Crippen molar-refractivity contribution in [2.75, 3.05) is 25.7 Å². The molecule has 0 spiro atoms. The number of imide groups is 1. The minimum Gasteiger partial charge on any atom is -0.497 e. The minimum absolute atomic E-state index is 0.200. The molecule has 7 heteroatoms. The van der Waals surface area contributed by atoms with Gasteiger partial charge >= 0.3 is 5.97 Å². The van der Waals surface area contributed by atoms with Gasteiger partial charge in [0.25, 0.3) is 0 Å². The van der Waals surface area contributed by atoms with E-state index in [-0.39, 0.29) is 30.3 Å². The number of carbonyl (C=O) groups is 3. The van der Waals surface area contributed by atoms with Crippen molar-refractivity contribution in [1.29, 1.82) is 0 Å². The Kier molecular flexibility index (Phi) is 6.50. The summed E-state index contributed by atoms with van der Waals surface area (Å²) in [6, 6.07) is 22.2. The molecule has 202 valence electrons. The van der Waals surface area contributed by atoms with Crippen molar-refractivity contribution in [2.45, 2.75) is 6.92 Å². The topological polar surface area (TPSA) is 82.1 Å². The third-order valence-electron chi connectivity index (χ3n) is 8.10. The van der Waals surface area contributed by atoms with E-state index in [0.717, 1.165) is 33.8 Å². The molecule has 2 fully saturated rings. The van der Waals surface area contributed by atoms with Crippen LogP contribution in [-0.4, -0.2) is 38.6 Å². The molecule has 0 unspecified atom stereocenters. The minimum atomic E-state index is -0.478. The van der Waals surface area contributed by atoms with E-state index in [1.54, 1.807) is 45.4 Å². The first-order valence-electron chi connectivity index (χ1n) is 13.3. The Labute approximate surface area is 232 Å². The van der Waals surface area contributed by atoms with Crippen LogP contribution in [0.4, 0.5) is 5.69 Å². The Morgan fingerprint density at radius 1 is 0.700 bits per heavy atom. The van der Waals surface area contributed by atoms with E-state index in [4.69, 9.17) is 14.2 Å². The van der Waals surface area contributed by atoms with Gasteiger partial charge in [-0.3, -0.25) is 9.59 Å². The predicted octanol–water partition coefficient (Wildman–Crippen LogP) is 5.30. The summed E-state index contributed by atoms with van der Waals surface area (Å²) < 4.78 is 15.8. The van der Waals surface area contributed by atoms with Crippen LogP contribution in [0.2, 0.25) is 0 Å². The maximum atomic E-state index is 13.8. The SMILES string of the molecule is CCOC(=O)c1ccc(N2C(=O)[C@@H]3[C@H](C2=O)[C@H]2C=C[C@H]3C2=C(c2ccc(OC)cc2)c2ccc(OC)cc2)cc1. The molecular weight excluding hydrogens is 506 g/mol. The van der Waals surface area contributed by atoms with Gasteiger partial charge in [0, 0.05) is 11.8 Å². The second-order valence-electron chi connectivity index (χ2n) is 10.1. The average Bonchev–Trinajstić information content (AvgIpc) is 3.62. The lowest BCUT2D eigenvalue weighted by atomic mass is 9.85. The highest BCUT2D eigenvalue weighted by atomic mass is 16.5. The number of hydrogen-bond donors (Lipinski definition) is 0. The van der Waals surface area contributed by atoms with E-state index < -0.39 is 17.8 Å². The largest absolute Gasteiger partial charge is 0.497 e. The molecule has 1 aliphatic heterocycles. The molecule has 3 aromatic carbocycles. The number of anilines is 1. The Balaban J connectivity index is 1.39. The van der Waals surface area contributed by atoms with E-state index in [1.165, 1.54) is 4.90 Å². The van der Waals surface area contributed by atoms with Crippen LogP contribution in [-0.2, 0) is 14.3 Å². The summed E-state index contributed by atoms with van der Waals surface area (Å²) in [5, 5.41) is 0. The van der Waals surface area contributed by atoms with Crippen molar-refractivity contribution in [3.05, 3.63) is 107 Å². The first kappa shape index (κ1) is 25.6. The maximum absolute atomic E-state index is 13.8. The lowest BCUT2D eigenvalue weighted by molar-refractivity contribution is -0.122. The van der Waals surface area contributed by atoms with Crippen LogP contribution in [0, 0.1) is 23.7 Å². The molecule has 7 nitrogen and oxygen atoms in total. The van der Waals surface area contributed by atoms with Gasteiger partial charge < -0.3 is 14.2 Å². The van der Waals surface area contributed by atoms with Crippen LogP contribution in [0.1, 0.15) is 28.4 Å². The lowest BCUT2D eigenvalue weighted by Crippen LogP contribution is -2.33. The number of methoxy groups -OCH3 is 2. The predicted molar refractivity (Wildman–Crippen MR) is 150 cm³/mol. The highest BCUT2D eigenvalue weighted by Crippen LogP contribution is 2.59. The Morgan fingerprint density at radius 3 is 1.57 bits per heavy atom. The van der Waals surface area contributed by atoms with Crippen LogP contribution < -0.4 is 14.4 Å². The molecule has 2 aliphatic carbocycles. The number of nitrogens with zero attached hydrogens (tertiary/aromatic N) is 1. The van der Waals surface area contributed by atoms with Gasteiger partial charge in [-0.2, -0.15) is 0 Å². The van der Waals surface area contributed by atoms with Gasteiger partial charge in [0.05, 0.1) is 43.9 Å². The second kappa shape index (κ2) is 10.2. The molecular formula is C33H29NO6. The standard InChI is InChI=1S/C33H29NO6/c1-4-40-33(37)21-5-11-22(12-6-21)34-31(35)29-25-17-18-26(30(29)32(34)36)28(25)27(19-7-13-23(38-2)14-8-19)20-9-15-24(39-3)16-10-20/h5-18,25-26,29-30H,4H2,1-3H3/t25-,26-,29-,30+/m0/s1. The highest BCUT2D eigenvalue weighted by Gasteiger charge is 2.62. The van der Waals surface area contributed by atoms with E-state index >= 15 is 0 Å². The fraction of sp³-hybridized carbons (Fsp3) is 0.242. The molecule has 0 aromatic heterocycles. The van der Waals surface area contributed by atoms with Gasteiger partial charge in [0.2, 0.25) is 11.8 Å². The van der Waals surface area contributed by atoms with Crippen LogP contribution in [0.15, 0.2) is 90.5 Å². The number of allylic oxidation sites excluding steroid dienone is 3. The first-order valence-corrected chi connectivity index (χ1v) is 13.3. The Morgan fingerprint density at radius 2 is 1.15 bits per heavy atom. The molecule has 1 saturated carbocycles. The Hall–Kier alpha value is -4.65. The normalized spacial score (nSPS) is 22.5. The highest BCUT2D eigenvalue weighted by molar-refractivity contribution is 6.23. The zero-order valence-electron chi connectivity index (χ0n) is 22.5. The van der Waals surface area contributed by atoms with Crippen molar-refractivity contribution in [1.82, 2.24) is 0 Å². The molecule has 1 heterocycles. The van der Waals surface area contributed by atoms with Crippen LogP contribution in [0.25, 0.3) is 5.57 Å². The molecule has 6 rings (SSSR count). The monoisotopic (exact) mass is 535 g/mol. The van der Waals surface area contributed by atoms with Crippen molar-refractivity contribution in [3.8, 4) is 11.5 Å². The van der Waals surface area contributed by atoms with Crippen molar-refractivity contribution in [3.63, 3.8) is 0 Å². The molecule has 4 atom stereocenters. The fourth-order valence-electron chi connectivity index (χ4n) is 6.33. The zero-order valence-corrected chi connectivity index (χ0v) is 22.5. The number of ether oxygens (including phenoxy) is 3. The number of fused-ring (bicyclic) bond motifs is 5. The van der Waals surface area contributed by atoms with Crippen molar-refractivity contribution < 1.29 is 28.6 Å². The quantitative estimate of drug-likeness (QED) is 0.232. The summed E-state index contributed by atoms with van der Waals surface area (Å²) >= 11 is 0. The summed E-state index contributed by atoms with van der Waals surface area (Å²) in [6.45, 7) is 2.01. The lowest BCUT2D eigenvalue weighted by Gasteiger charge is -2.22. The molecule has 0 radical (unpaired) electrons. The molecule has 3 aliphatic rings. The smallest absolute Gasteiger partial charge is 0.338 e. The van der Waals surface area contributed by atoms with E-state index in [1.807, 2.05) is 48.5 Å². The first-order chi connectivity index (χ1) is 19.5. The summed E-state index contributed by atoms with van der Waals surface area (Å²) in [6.07, 6.45) is 4.15. The van der Waals surface area contributed by atoms with Gasteiger partial charge in [-0.25, -0.2) is 9.69 Å². The van der Waals surface area contributed by atoms with Gasteiger partial charge in [0.1, 0.15) is 11.5 Å². The van der Waals surface area contributed by atoms with Crippen molar-refractivity contribution >= 4 is 29.0 Å². The Bertz CT molecular complexity index is 1450. The van der Waals surface area contributed by atoms with Crippen LogP contribution >= 0.6 is 0 Å². The molecule has 40 heavy (non-hydrogen) atoms. The summed E-state index contributed by atoms with van der Waals surface area (Å²) in [7, 11) is 3.26. The fourth-order valence-corrected chi connectivity index (χ4v) is 6.33. The number of carbonyl (C=O) groups excluding carboxylic acids is 3. The summed E-state index contributed by atoms with van der Waals surface area (Å²) in [5.74, 6) is -0.712. The maximum Gasteiger partial charge on any atom is 0.338 e. The number of esters is 1. The van der Waals surface area contributed by atoms with E-state index in [0.29, 0.717) is 11.3 Å². The van der Waals surface area contributed by atoms with Crippen LogP contribution in [0.3, 0.4) is 0 Å². The third kappa shape index (κ3) is 4.01. The summed E-state index contributed by atoms with van der Waals surface area (Å²) in [5.41, 5.74) is 4.93. The van der Waals surface area contributed by atoms with E-state index in [2.05, 4.69) is 12.2 Å². The van der Waals surface area contributed by atoms with E-state index in [9.17, 15) is 14.4 Å². The van der Waals surface area contributed by atoms with Gasteiger partial charge in [-0.1, -0.05) is 36.4 Å². The molecule has 0 N–H and O–H groups in total. The molecule has 2 amide bonds. The molecule has 1 saturated heterocycles. The van der Waals surface area contributed by atoms with Gasteiger partial charge in [0.15, 0.2) is 0 Å². The molecule has 3 aromatic rings. The van der Waals surface area contributed by atoms with Crippen LogP contribution in [0.5, 0.6) is 11.5 Å². The summed E-state index contributed by atoms with van der Waals surface area (Å²) in [4.78, 5) is 41.0. The third-order valence-corrected chi connectivity index (χ3v) is 8.10. The number of hydrogen-bond acceptors (Lipinski definition) is 6. The number of rotatable bonds is 7. The average molecular weight is 536 g/mol. The van der Waals surface area contributed by atoms with Gasteiger partial charge in [-0.05, 0) is 77.7 Å². The van der Waals surface area contributed by atoms with Gasteiger partial charge in [-0.15, -0.1) is 0 Å². The zero-order chi connectivity index (χ0) is 28.0.